The van der Waals surface area contributed by atoms with Crippen LogP contribution >= 0.6 is 0 Å². The van der Waals surface area contributed by atoms with Crippen molar-refractivity contribution in [3.63, 3.8) is 0 Å². The lowest BCUT2D eigenvalue weighted by molar-refractivity contribution is -0.0901. The molecule has 2 N–H and O–H groups in total. The van der Waals surface area contributed by atoms with Crippen LogP contribution in [0.15, 0.2) is 12.1 Å². The van der Waals surface area contributed by atoms with Gasteiger partial charge in [-0.1, -0.05) is 19.4 Å². The van der Waals surface area contributed by atoms with Gasteiger partial charge in [-0.05, 0) is 49.1 Å². The molecule has 1 aliphatic rings. The Morgan fingerprint density at radius 3 is 2.42 bits per heavy atom. The number of rotatable bonds is 5. The maximum Gasteiger partial charge on any atom is 0.122 e. The minimum atomic E-state index is 0.102. The van der Waals surface area contributed by atoms with E-state index in [-0.39, 0.29) is 5.41 Å². The van der Waals surface area contributed by atoms with E-state index in [0.717, 1.165) is 25.4 Å². The zero-order chi connectivity index (χ0) is 14.0. The first-order valence-corrected chi connectivity index (χ1v) is 7.03. The molecule has 0 amide bonds. The molecule has 0 aliphatic carbocycles. The molecule has 19 heavy (non-hydrogen) atoms. The van der Waals surface area contributed by atoms with Gasteiger partial charge in [0.2, 0.25) is 0 Å². The van der Waals surface area contributed by atoms with Crippen LogP contribution in [0.4, 0.5) is 0 Å². The Morgan fingerprint density at radius 2 is 2.00 bits per heavy atom. The molecule has 1 saturated heterocycles. The number of hydrogen-bond acceptors (Lipinski definition) is 3. The van der Waals surface area contributed by atoms with Crippen molar-refractivity contribution in [3.8, 4) is 5.75 Å². The van der Waals surface area contributed by atoms with Crippen LogP contribution in [0.3, 0.4) is 0 Å². The average Bonchev–Trinajstić information content (AvgIpc) is 2.37. The summed E-state index contributed by atoms with van der Waals surface area (Å²) in [7, 11) is 1.72. The second-order valence-electron chi connectivity index (χ2n) is 5.56. The van der Waals surface area contributed by atoms with Gasteiger partial charge in [0, 0.05) is 5.41 Å². The summed E-state index contributed by atoms with van der Waals surface area (Å²) in [6.45, 7) is 8.79. The molecule has 0 bridgehead atoms. The van der Waals surface area contributed by atoms with Crippen molar-refractivity contribution in [2.75, 3.05) is 26.9 Å². The molecule has 1 aliphatic heterocycles. The van der Waals surface area contributed by atoms with E-state index in [1.807, 2.05) is 0 Å². The highest BCUT2D eigenvalue weighted by Crippen LogP contribution is 2.43. The van der Waals surface area contributed by atoms with Crippen molar-refractivity contribution in [1.29, 1.82) is 0 Å². The summed E-state index contributed by atoms with van der Waals surface area (Å²) >= 11 is 0. The van der Waals surface area contributed by atoms with E-state index in [2.05, 4.69) is 32.9 Å². The zero-order valence-corrected chi connectivity index (χ0v) is 12.5. The van der Waals surface area contributed by atoms with E-state index in [0.29, 0.717) is 12.5 Å². The normalized spacial score (nSPS) is 18.8. The third kappa shape index (κ3) is 2.15. The van der Waals surface area contributed by atoms with Crippen molar-refractivity contribution < 1.29 is 9.47 Å². The van der Waals surface area contributed by atoms with Gasteiger partial charge >= 0.3 is 0 Å². The third-order valence-electron chi connectivity index (χ3n) is 4.77. The SMILES string of the molecule is CCC(CN)C1(c2ccc(OC)c(C)c2C)COC1. The third-order valence-corrected chi connectivity index (χ3v) is 4.77. The lowest BCUT2D eigenvalue weighted by atomic mass is 9.66. The van der Waals surface area contributed by atoms with Crippen molar-refractivity contribution in [1.82, 2.24) is 0 Å². The summed E-state index contributed by atoms with van der Waals surface area (Å²) in [4.78, 5) is 0. The summed E-state index contributed by atoms with van der Waals surface area (Å²) in [5.74, 6) is 1.44. The molecule has 1 heterocycles. The number of hydrogen-bond donors (Lipinski definition) is 1. The predicted molar refractivity (Wildman–Crippen MR) is 77.8 cm³/mol. The summed E-state index contributed by atoms with van der Waals surface area (Å²) in [5, 5.41) is 0. The molecule has 0 aromatic heterocycles. The fourth-order valence-electron chi connectivity index (χ4n) is 3.27. The molecular formula is C16H25NO2. The Morgan fingerprint density at radius 1 is 1.32 bits per heavy atom. The molecule has 1 fully saturated rings. The van der Waals surface area contributed by atoms with E-state index in [1.54, 1.807) is 7.11 Å². The second-order valence-corrected chi connectivity index (χ2v) is 5.56. The first-order valence-electron chi connectivity index (χ1n) is 7.03. The van der Waals surface area contributed by atoms with Gasteiger partial charge in [-0.15, -0.1) is 0 Å². The first kappa shape index (κ1) is 14.4. The Balaban J connectivity index is 2.47. The molecule has 2 rings (SSSR count). The van der Waals surface area contributed by atoms with Crippen LogP contribution in [-0.4, -0.2) is 26.9 Å². The molecule has 1 aromatic carbocycles. The highest BCUT2D eigenvalue weighted by Gasteiger charge is 2.46. The summed E-state index contributed by atoms with van der Waals surface area (Å²) in [5.41, 5.74) is 10.0. The van der Waals surface area contributed by atoms with Crippen molar-refractivity contribution in [2.24, 2.45) is 11.7 Å². The predicted octanol–water partition coefficient (Wildman–Crippen LogP) is 2.56. The van der Waals surface area contributed by atoms with Gasteiger partial charge in [-0.2, -0.15) is 0 Å². The molecule has 0 radical (unpaired) electrons. The van der Waals surface area contributed by atoms with Crippen LogP contribution in [0.25, 0.3) is 0 Å². The molecule has 106 valence electrons. The highest BCUT2D eigenvalue weighted by molar-refractivity contribution is 5.48. The van der Waals surface area contributed by atoms with Gasteiger partial charge in [-0.25, -0.2) is 0 Å². The lowest BCUT2D eigenvalue weighted by Crippen LogP contribution is -2.54. The highest BCUT2D eigenvalue weighted by atomic mass is 16.5. The van der Waals surface area contributed by atoms with E-state index >= 15 is 0 Å². The molecular weight excluding hydrogens is 238 g/mol. The Kier molecular flexibility index (Phi) is 4.16. The Labute approximate surface area is 116 Å². The average molecular weight is 263 g/mol. The molecule has 1 aromatic rings. The van der Waals surface area contributed by atoms with Crippen molar-refractivity contribution in [3.05, 3.63) is 28.8 Å². The molecule has 1 unspecified atom stereocenters. The minimum absolute atomic E-state index is 0.102. The van der Waals surface area contributed by atoms with Crippen LogP contribution in [0, 0.1) is 19.8 Å². The van der Waals surface area contributed by atoms with Crippen LogP contribution in [0.5, 0.6) is 5.75 Å². The molecule has 3 heteroatoms. The van der Waals surface area contributed by atoms with Gasteiger partial charge in [0.15, 0.2) is 0 Å². The van der Waals surface area contributed by atoms with Gasteiger partial charge in [0.05, 0.1) is 20.3 Å². The van der Waals surface area contributed by atoms with Crippen molar-refractivity contribution >= 4 is 0 Å². The summed E-state index contributed by atoms with van der Waals surface area (Å²) in [6.07, 6.45) is 1.09. The Hall–Kier alpha value is -1.06. The molecule has 1 atom stereocenters. The van der Waals surface area contributed by atoms with Gasteiger partial charge in [0.1, 0.15) is 5.75 Å². The number of methoxy groups -OCH3 is 1. The second kappa shape index (κ2) is 5.51. The van der Waals surface area contributed by atoms with Gasteiger partial charge in [-0.3, -0.25) is 0 Å². The Bertz CT molecular complexity index is 448. The number of nitrogens with two attached hydrogens (primary N) is 1. The largest absolute Gasteiger partial charge is 0.496 e. The van der Waals surface area contributed by atoms with E-state index in [4.69, 9.17) is 15.2 Å². The zero-order valence-electron chi connectivity index (χ0n) is 12.5. The number of ether oxygens (including phenoxy) is 2. The van der Waals surface area contributed by atoms with E-state index in [1.165, 1.54) is 16.7 Å². The smallest absolute Gasteiger partial charge is 0.122 e. The quantitative estimate of drug-likeness (QED) is 0.888. The maximum absolute atomic E-state index is 5.98. The van der Waals surface area contributed by atoms with Gasteiger partial charge in [0.25, 0.3) is 0 Å². The molecule has 0 saturated carbocycles. The first-order chi connectivity index (χ1) is 9.10. The monoisotopic (exact) mass is 263 g/mol. The lowest BCUT2D eigenvalue weighted by Gasteiger charge is -2.48. The number of benzene rings is 1. The van der Waals surface area contributed by atoms with Gasteiger partial charge < -0.3 is 15.2 Å². The topological polar surface area (TPSA) is 44.5 Å². The molecule has 0 spiro atoms. The molecule has 3 nitrogen and oxygen atoms in total. The minimum Gasteiger partial charge on any atom is -0.496 e. The maximum atomic E-state index is 5.98. The summed E-state index contributed by atoms with van der Waals surface area (Å²) < 4.78 is 10.9. The van der Waals surface area contributed by atoms with Crippen LogP contribution in [-0.2, 0) is 10.2 Å². The van der Waals surface area contributed by atoms with Crippen LogP contribution in [0.2, 0.25) is 0 Å². The fraction of sp³-hybridized carbons (Fsp3) is 0.625. The van der Waals surface area contributed by atoms with Crippen molar-refractivity contribution in [2.45, 2.75) is 32.6 Å². The van der Waals surface area contributed by atoms with E-state index < -0.39 is 0 Å². The van der Waals surface area contributed by atoms with E-state index in [9.17, 15) is 0 Å². The van der Waals surface area contributed by atoms with Crippen LogP contribution < -0.4 is 10.5 Å². The summed E-state index contributed by atoms with van der Waals surface area (Å²) in [6, 6.07) is 4.27. The van der Waals surface area contributed by atoms with Crippen LogP contribution in [0.1, 0.15) is 30.0 Å². The fourth-order valence-corrected chi connectivity index (χ4v) is 3.27. The standard InChI is InChI=1S/C16H25NO2/c1-5-13(8-17)16(9-19-10-16)14-6-7-15(18-4)12(3)11(14)2/h6-7,13H,5,8-10,17H2,1-4H3.